The molecule has 2 rings (SSSR count). The van der Waals surface area contributed by atoms with Crippen molar-refractivity contribution in [2.24, 2.45) is 5.73 Å². The molecular formula is C14H13FN2O3S. The van der Waals surface area contributed by atoms with Crippen molar-refractivity contribution in [3.05, 3.63) is 52.0 Å². The molecule has 3 N–H and O–H groups in total. The molecule has 7 heteroatoms. The Hall–Kier alpha value is -2.25. The quantitative estimate of drug-likeness (QED) is 0.849. The van der Waals surface area contributed by atoms with Gasteiger partial charge in [-0.05, 0) is 29.6 Å². The van der Waals surface area contributed by atoms with Crippen LogP contribution in [0.5, 0.6) is 0 Å². The first-order valence-electron chi connectivity index (χ1n) is 6.00. The Morgan fingerprint density at radius 1 is 1.38 bits per heavy atom. The van der Waals surface area contributed by atoms with E-state index in [1.807, 2.05) is 5.38 Å². The van der Waals surface area contributed by atoms with Crippen LogP contribution in [-0.2, 0) is 9.53 Å². The highest BCUT2D eigenvalue weighted by molar-refractivity contribution is 7.10. The molecule has 1 atom stereocenters. The van der Waals surface area contributed by atoms with E-state index in [9.17, 15) is 14.0 Å². The number of nitrogens with two attached hydrogens (primary N) is 1. The van der Waals surface area contributed by atoms with Gasteiger partial charge in [-0.25, -0.2) is 9.18 Å². The van der Waals surface area contributed by atoms with Gasteiger partial charge in [-0.1, -0.05) is 6.07 Å². The Balaban J connectivity index is 2.16. The van der Waals surface area contributed by atoms with Gasteiger partial charge in [-0.2, -0.15) is 0 Å². The van der Waals surface area contributed by atoms with Gasteiger partial charge in [-0.3, -0.25) is 4.79 Å². The maximum absolute atomic E-state index is 13.5. The molecule has 21 heavy (non-hydrogen) atoms. The van der Waals surface area contributed by atoms with Crippen LogP contribution in [-0.4, -0.2) is 19.0 Å². The van der Waals surface area contributed by atoms with Gasteiger partial charge < -0.3 is 15.8 Å². The summed E-state index contributed by atoms with van der Waals surface area (Å²) < 4.78 is 18.0. The fourth-order valence-electron chi connectivity index (χ4n) is 1.69. The van der Waals surface area contributed by atoms with Crippen molar-refractivity contribution in [3.8, 4) is 0 Å². The molecule has 0 aliphatic carbocycles. The number of ether oxygens (including phenoxy) is 1. The SMILES string of the molecule is COC(=O)c1cc(NC(=O)C(N)c2cccs2)ccc1F. The molecule has 0 saturated heterocycles. The molecule has 0 fully saturated rings. The molecule has 0 aliphatic heterocycles. The number of carbonyl (C=O) groups excluding carboxylic acids is 2. The number of benzene rings is 1. The van der Waals surface area contributed by atoms with Crippen molar-refractivity contribution in [1.82, 2.24) is 0 Å². The summed E-state index contributed by atoms with van der Waals surface area (Å²) in [6, 6.07) is 6.36. The number of esters is 1. The fraction of sp³-hybridized carbons (Fsp3) is 0.143. The van der Waals surface area contributed by atoms with Crippen molar-refractivity contribution >= 4 is 28.9 Å². The van der Waals surface area contributed by atoms with Crippen LogP contribution in [0.15, 0.2) is 35.7 Å². The molecule has 0 spiro atoms. The first-order valence-corrected chi connectivity index (χ1v) is 6.88. The van der Waals surface area contributed by atoms with Crippen molar-refractivity contribution < 1.29 is 18.7 Å². The van der Waals surface area contributed by atoms with Crippen LogP contribution in [0.4, 0.5) is 10.1 Å². The normalized spacial score (nSPS) is 11.8. The summed E-state index contributed by atoms with van der Waals surface area (Å²) in [5, 5.41) is 4.36. The Kier molecular flexibility index (Phi) is 4.66. The summed E-state index contributed by atoms with van der Waals surface area (Å²) in [7, 11) is 1.15. The second kappa shape index (κ2) is 6.47. The highest BCUT2D eigenvalue weighted by Crippen LogP contribution is 2.20. The van der Waals surface area contributed by atoms with Crippen LogP contribution in [0, 0.1) is 5.82 Å². The third-order valence-electron chi connectivity index (χ3n) is 2.77. The zero-order valence-corrected chi connectivity index (χ0v) is 11.9. The van der Waals surface area contributed by atoms with Gasteiger partial charge in [0.1, 0.15) is 11.9 Å². The highest BCUT2D eigenvalue weighted by atomic mass is 32.1. The van der Waals surface area contributed by atoms with Crippen molar-refractivity contribution in [2.45, 2.75) is 6.04 Å². The van der Waals surface area contributed by atoms with E-state index in [-0.39, 0.29) is 11.3 Å². The lowest BCUT2D eigenvalue weighted by Gasteiger charge is -2.11. The van der Waals surface area contributed by atoms with Gasteiger partial charge in [0.2, 0.25) is 5.91 Å². The lowest BCUT2D eigenvalue weighted by atomic mass is 10.1. The molecule has 0 saturated carbocycles. The van der Waals surface area contributed by atoms with E-state index in [0.29, 0.717) is 4.88 Å². The number of amides is 1. The predicted molar refractivity (Wildman–Crippen MR) is 77.6 cm³/mol. The van der Waals surface area contributed by atoms with E-state index >= 15 is 0 Å². The fourth-order valence-corrected chi connectivity index (χ4v) is 2.41. The molecule has 110 valence electrons. The molecule has 2 aromatic rings. The summed E-state index contributed by atoms with van der Waals surface area (Å²) in [5.74, 6) is -1.98. The number of nitrogens with one attached hydrogen (secondary N) is 1. The minimum absolute atomic E-state index is 0.250. The summed E-state index contributed by atoms with van der Waals surface area (Å²) in [5.41, 5.74) is 5.84. The van der Waals surface area contributed by atoms with Gasteiger partial charge in [-0.15, -0.1) is 11.3 Å². The molecule has 1 aromatic heterocycles. The molecule has 1 heterocycles. The topological polar surface area (TPSA) is 81.4 Å². The van der Waals surface area contributed by atoms with E-state index in [1.54, 1.807) is 12.1 Å². The van der Waals surface area contributed by atoms with Crippen LogP contribution >= 0.6 is 11.3 Å². The van der Waals surface area contributed by atoms with Crippen LogP contribution in [0.2, 0.25) is 0 Å². The molecule has 0 bridgehead atoms. The molecular weight excluding hydrogens is 295 g/mol. The van der Waals surface area contributed by atoms with E-state index in [1.165, 1.54) is 23.5 Å². The van der Waals surface area contributed by atoms with Gasteiger partial charge >= 0.3 is 5.97 Å². The number of methoxy groups -OCH3 is 1. The Morgan fingerprint density at radius 2 is 2.14 bits per heavy atom. The minimum atomic E-state index is -0.823. The molecule has 1 unspecified atom stereocenters. The van der Waals surface area contributed by atoms with E-state index in [4.69, 9.17) is 5.73 Å². The lowest BCUT2D eigenvalue weighted by molar-refractivity contribution is -0.117. The number of rotatable bonds is 4. The van der Waals surface area contributed by atoms with Crippen molar-refractivity contribution in [3.63, 3.8) is 0 Å². The first-order chi connectivity index (χ1) is 10.0. The summed E-state index contributed by atoms with van der Waals surface area (Å²) in [4.78, 5) is 24.1. The Morgan fingerprint density at radius 3 is 2.76 bits per heavy atom. The van der Waals surface area contributed by atoms with Gasteiger partial charge in [0.05, 0.1) is 12.7 Å². The lowest BCUT2D eigenvalue weighted by Crippen LogP contribution is -2.27. The molecule has 1 amide bonds. The van der Waals surface area contributed by atoms with Crippen LogP contribution < -0.4 is 11.1 Å². The monoisotopic (exact) mass is 308 g/mol. The number of anilines is 1. The largest absolute Gasteiger partial charge is 0.465 e. The molecule has 5 nitrogen and oxygen atoms in total. The van der Waals surface area contributed by atoms with Crippen molar-refractivity contribution in [2.75, 3.05) is 12.4 Å². The average molecular weight is 308 g/mol. The van der Waals surface area contributed by atoms with Crippen LogP contribution in [0.1, 0.15) is 21.3 Å². The zero-order valence-electron chi connectivity index (χ0n) is 11.1. The van der Waals surface area contributed by atoms with Gasteiger partial charge in [0.25, 0.3) is 0 Å². The van der Waals surface area contributed by atoms with Crippen LogP contribution in [0.25, 0.3) is 0 Å². The van der Waals surface area contributed by atoms with E-state index < -0.39 is 23.7 Å². The number of thiophene rings is 1. The van der Waals surface area contributed by atoms with Gasteiger partial charge in [0, 0.05) is 10.6 Å². The third kappa shape index (κ3) is 3.45. The zero-order chi connectivity index (χ0) is 15.4. The number of halogens is 1. The predicted octanol–water partition coefficient (Wildman–Crippen LogP) is 2.31. The standard InChI is InChI=1S/C14H13FN2O3S/c1-20-14(19)9-7-8(4-5-10(9)15)17-13(18)12(16)11-3-2-6-21-11/h2-7,12H,16H2,1H3,(H,17,18). The van der Waals surface area contributed by atoms with Gasteiger partial charge in [0.15, 0.2) is 0 Å². The number of hydrogen-bond donors (Lipinski definition) is 2. The number of carbonyl (C=O) groups is 2. The molecule has 0 radical (unpaired) electrons. The van der Waals surface area contributed by atoms with Crippen molar-refractivity contribution in [1.29, 1.82) is 0 Å². The minimum Gasteiger partial charge on any atom is -0.465 e. The number of hydrogen-bond acceptors (Lipinski definition) is 5. The first kappa shape index (κ1) is 15.1. The smallest absolute Gasteiger partial charge is 0.340 e. The molecule has 1 aromatic carbocycles. The maximum atomic E-state index is 13.5. The highest BCUT2D eigenvalue weighted by Gasteiger charge is 2.18. The Labute approximate surface area is 124 Å². The molecule has 0 aliphatic rings. The third-order valence-corrected chi connectivity index (χ3v) is 3.73. The maximum Gasteiger partial charge on any atom is 0.340 e. The summed E-state index contributed by atoms with van der Waals surface area (Å²) in [6.07, 6.45) is 0. The van der Waals surface area contributed by atoms with E-state index in [2.05, 4.69) is 10.1 Å². The summed E-state index contributed by atoms with van der Waals surface area (Å²) in [6.45, 7) is 0. The van der Waals surface area contributed by atoms with E-state index in [0.717, 1.165) is 13.2 Å². The second-order valence-electron chi connectivity index (χ2n) is 4.17. The van der Waals surface area contributed by atoms with Crippen LogP contribution in [0.3, 0.4) is 0 Å². The average Bonchev–Trinajstić information content (AvgIpc) is 3.01. The Bertz CT molecular complexity index is 658. The summed E-state index contributed by atoms with van der Waals surface area (Å²) >= 11 is 1.36. The second-order valence-corrected chi connectivity index (χ2v) is 5.15.